The van der Waals surface area contributed by atoms with Crippen LogP contribution in [-0.2, 0) is 0 Å². The molecule has 0 aliphatic heterocycles. The van der Waals surface area contributed by atoms with Crippen molar-refractivity contribution in [1.82, 2.24) is 0 Å². The molecule has 1 aromatic heterocycles. The molecule has 254 valence electrons. The number of nitrogens with zero attached hydrogens (tertiary/aromatic N) is 1. The second-order valence-electron chi connectivity index (χ2n) is 13.7. The van der Waals surface area contributed by atoms with Gasteiger partial charge in [0, 0.05) is 22.1 Å². The van der Waals surface area contributed by atoms with Gasteiger partial charge in [-0.15, -0.1) is 0 Å². The second kappa shape index (κ2) is 13.4. The van der Waals surface area contributed by atoms with Crippen LogP contribution in [0, 0.1) is 0 Å². The Hall–Kier alpha value is -7.16. The van der Waals surface area contributed by atoms with Crippen molar-refractivity contribution in [3.05, 3.63) is 212 Å². The molecule has 0 amide bonds. The summed E-state index contributed by atoms with van der Waals surface area (Å²) in [5, 5.41) is 4.57. The molecular weight excluding hydrogens is 655 g/mol. The van der Waals surface area contributed by atoms with E-state index in [4.69, 9.17) is 4.42 Å². The monoisotopic (exact) mass is 689 g/mol. The Balaban J connectivity index is 1.19. The average molecular weight is 690 g/mol. The summed E-state index contributed by atoms with van der Waals surface area (Å²) in [5.41, 5.74) is 14.3. The maximum absolute atomic E-state index is 7.02. The Bertz CT molecular complexity index is 2790. The molecule has 2 nitrogen and oxygen atoms in total. The highest BCUT2D eigenvalue weighted by atomic mass is 16.3. The minimum absolute atomic E-state index is 0.858. The van der Waals surface area contributed by atoms with Gasteiger partial charge in [0.2, 0.25) is 0 Å². The number of furan rings is 1. The van der Waals surface area contributed by atoms with Crippen LogP contribution in [0.4, 0.5) is 17.1 Å². The number of rotatable bonds is 7. The minimum Gasteiger partial charge on any atom is -0.454 e. The molecule has 0 radical (unpaired) electrons. The number of hydrogen-bond donors (Lipinski definition) is 0. The summed E-state index contributed by atoms with van der Waals surface area (Å²) < 4.78 is 7.02. The summed E-state index contributed by atoms with van der Waals surface area (Å²) in [4.78, 5) is 2.34. The molecule has 2 heteroatoms. The Kier molecular flexibility index (Phi) is 7.85. The number of anilines is 3. The van der Waals surface area contributed by atoms with Gasteiger partial charge in [-0.3, -0.25) is 0 Å². The molecular formula is C52H35NO. The summed E-state index contributed by atoms with van der Waals surface area (Å²) >= 11 is 0. The van der Waals surface area contributed by atoms with Gasteiger partial charge < -0.3 is 9.32 Å². The largest absolute Gasteiger partial charge is 0.454 e. The molecule has 0 N–H and O–H groups in total. The Morgan fingerprint density at radius 1 is 0.333 bits per heavy atom. The summed E-state index contributed by atoms with van der Waals surface area (Å²) in [7, 11) is 0. The van der Waals surface area contributed by atoms with Crippen LogP contribution in [-0.4, -0.2) is 0 Å². The van der Waals surface area contributed by atoms with Crippen molar-refractivity contribution in [1.29, 1.82) is 0 Å². The molecule has 0 spiro atoms. The quantitative estimate of drug-likeness (QED) is 0.166. The molecule has 0 saturated heterocycles. The fraction of sp³-hybridized carbons (Fsp3) is 0. The van der Waals surface area contributed by atoms with Crippen molar-refractivity contribution in [3.63, 3.8) is 0 Å². The molecule has 0 saturated carbocycles. The van der Waals surface area contributed by atoms with Gasteiger partial charge in [0.15, 0.2) is 5.58 Å². The number of hydrogen-bond acceptors (Lipinski definition) is 2. The first-order valence-electron chi connectivity index (χ1n) is 18.4. The van der Waals surface area contributed by atoms with Crippen LogP contribution in [0.5, 0.6) is 0 Å². The van der Waals surface area contributed by atoms with Gasteiger partial charge in [-0.05, 0) is 91.7 Å². The van der Waals surface area contributed by atoms with E-state index in [1.165, 1.54) is 38.8 Å². The van der Waals surface area contributed by atoms with Crippen molar-refractivity contribution < 1.29 is 4.42 Å². The van der Waals surface area contributed by atoms with E-state index in [-0.39, 0.29) is 0 Å². The van der Waals surface area contributed by atoms with Gasteiger partial charge in [-0.25, -0.2) is 0 Å². The maximum Gasteiger partial charge on any atom is 0.160 e. The van der Waals surface area contributed by atoms with Gasteiger partial charge >= 0.3 is 0 Å². The first kappa shape index (κ1) is 31.6. The topological polar surface area (TPSA) is 16.4 Å². The average Bonchev–Trinajstić information content (AvgIpc) is 3.66. The molecule has 0 unspecified atom stereocenters. The standard InChI is InChI=1S/C52H35NO/c1-4-13-36(14-5-1)39-23-25-42(26-24-39)46-21-12-22-49-50(46)51-47-20-11-10-19-43(47)35-48(52(51)54-49)53(44-31-27-40(28-32-44)37-15-6-2-7-16-37)45-33-29-41(30-34-45)38-17-8-3-9-18-38/h1-35H. The van der Waals surface area contributed by atoms with Crippen molar-refractivity contribution in [2.45, 2.75) is 0 Å². The van der Waals surface area contributed by atoms with E-state index in [9.17, 15) is 0 Å². The molecule has 0 fully saturated rings. The fourth-order valence-corrected chi connectivity index (χ4v) is 7.82. The molecule has 0 aliphatic rings. The smallest absolute Gasteiger partial charge is 0.160 e. The van der Waals surface area contributed by atoms with Crippen LogP contribution < -0.4 is 4.90 Å². The van der Waals surface area contributed by atoms with Crippen LogP contribution in [0.2, 0.25) is 0 Å². The lowest BCUT2D eigenvalue weighted by molar-refractivity contribution is 0.669. The minimum atomic E-state index is 0.858. The molecule has 54 heavy (non-hydrogen) atoms. The van der Waals surface area contributed by atoms with Crippen LogP contribution in [0.3, 0.4) is 0 Å². The predicted molar refractivity (Wildman–Crippen MR) is 228 cm³/mol. The zero-order chi connectivity index (χ0) is 35.8. The lowest BCUT2D eigenvalue weighted by atomic mass is 9.94. The van der Waals surface area contributed by atoms with Crippen molar-refractivity contribution in [3.8, 4) is 44.5 Å². The zero-order valence-electron chi connectivity index (χ0n) is 29.6. The van der Waals surface area contributed by atoms with Gasteiger partial charge in [0.05, 0.1) is 5.69 Å². The van der Waals surface area contributed by atoms with E-state index in [2.05, 4.69) is 217 Å². The zero-order valence-corrected chi connectivity index (χ0v) is 29.6. The summed E-state index contributed by atoms with van der Waals surface area (Å²) in [5.74, 6) is 0. The van der Waals surface area contributed by atoms with Crippen LogP contribution >= 0.6 is 0 Å². The van der Waals surface area contributed by atoms with Gasteiger partial charge in [0.1, 0.15) is 5.58 Å². The summed E-state index contributed by atoms with van der Waals surface area (Å²) in [6.07, 6.45) is 0. The Labute approximate surface area is 314 Å². The van der Waals surface area contributed by atoms with E-state index in [1.807, 2.05) is 0 Å². The summed E-state index contributed by atoms with van der Waals surface area (Å²) in [6, 6.07) is 75.6. The van der Waals surface area contributed by atoms with E-state index in [1.54, 1.807) is 0 Å². The highest BCUT2D eigenvalue weighted by Gasteiger charge is 2.23. The lowest BCUT2D eigenvalue weighted by Crippen LogP contribution is -2.10. The van der Waals surface area contributed by atoms with Crippen molar-refractivity contribution in [2.75, 3.05) is 4.90 Å². The van der Waals surface area contributed by atoms with E-state index >= 15 is 0 Å². The first-order valence-corrected chi connectivity index (χ1v) is 18.4. The first-order chi connectivity index (χ1) is 26.8. The number of benzene rings is 9. The summed E-state index contributed by atoms with van der Waals surface area (Å²) in [6.45, 7) is 0. The van der Waals surface area contributed by atoms with Crippen molar-refractivity contribution >= 4 is 49.8 Å². The van der Waals surface area contributed by atoms with Gasteiger partial charge in [0.25, 0.3) is 0 Å². The van der Waals surface area contributed by atoms with Crippen molar-refractivity contribution in [2.24, 2.45) is 0 Å². The Morgan fingerprint density at radius 2 is 0.778 bits per heavy atom. The SMILES string of the molecule is c1ccc(-c2ccc(-c3cccc4oc5c(N(c6ccc(-c7ccccc7)cc6)c6ccc(-c7ccccc7)cc6)cc6ccccc6c5c34)cc2)cc1. The second-order valence-corrected chi connectivity index (χ2v) is 13.7. The predicted octanol–water partition coefficient (Wildman–Crippen LogP) is 14.9. The third kappa shape index (κ3) is 5.62. The van der Waals surface area contributed by atoms with Crippen LogP contribution in [0.25, 0.3) is 77.2 Å². The molecule has 10 rings (SSSR count). The molecule has 1 heterocycles. The highest BCUT2D eigenvalue weighted by Crippen LogP contribution is 2.48. The molecule has 9 aromatic carbocycles. The van der Waals surface area contributed by atoms with Crippen LogP contribution in [0.1, 0.15) is 0 Å². The normalized spacial score (nSPS) is 11.3. The van der Waals surface area contributed by atoms with E-state index in [0.717, 1.165) is 55.5 Å². The Morgan fingerprint density at radius 3 is 1.31 bits per heavy atom. The molecule has 0 aliphatic carbocycles. The molecule has 0 atom stereocenters. The fourth-order valence-electron chi connectivity index (χ4n) is 7.82. The lowest BCUT2D eigenvalue weighted by Gasteiger charge is -2.26. The van der Waals surface area contributed by atoms with E-state index in [0.29, 0.717) is 0 Å². The van der Waals surface area contributed by atoms with Gasteiger partial charge in [-0.2, -0.15) is 0 Å². The maximum atomic E-state index is 7.02. The third-order valence-corrected chi connectivity index (χ3v) is 10.5. The molecule has 0 bridgehead atoms. The third-order valence-electron chi connectivity index (χ3n) is 10.5. The van der Waals surface area contributed by atoms with E-state index < -0.39 is 0 Å². The molecule has 10 aromatic rings. The highest BCUT2D eigenvalue weighted by molar-refractivity contribution is 6.26. The van der Waals surface area contributed by atoms with Crippen LogP contribution in [0.15, 0.2) is 217 Å². The van der Waals surface area contributed by atoms with Gasteiger partial charge in [-0.1, -0.05) is 176 Å². The number of fused-ring (bicyclic) bond motifs is 5.